The van der Waals surface area contributed by atoms with E-state index in [1.54, 1.807) is 6.08 Å². The zero-order chi connectivity index (χ0) is 6.62. The highest BCUT2D eigenvalue weighted by Crippen LogP contribution is 2.24. The van der Waals surface area contributed by atoms with Gasteiger partial charge in [0.2, 0.25) is 0 Å². The Morgan fingerprint density at radius 1 is 1.62 bits per heavy atom. The Hall–Kier alpha value is 0.0900. The van der Waals surface area contributed by atoms with Crippen LogP contribution in [0, 0.1) is 6.58 Å². The van der Waals surface area contributed by atoms with E-state index in [2.05, 4.69) is 20.1 Å². The monoisotopic (exact) mass is 129 g/mol. The van der Waals surface area contributed by atoms with Crippen LogP contribution in [0.5, 0.6) is 0 Å². The number of hydrogen-bond donors (Lipinski definition) is 0. The van der Waals surface area contributed by atoms with Gasteiger partial charge in [0.1, 0.15) is 0 Å². The summed E-state index contributed by atoms with van der Waals surface area (Å²) >= 11 is 1.84. The molecule has 0 amide bonds. The molecule has 0 rings (SSSR count). The first-order valence-electron chi connectivity index (χ1n) is 2.71. The molecular weight excluding hydrogens is 116 g/mol. The zero-order valence-electron chi connectivity index (χ0n) is 5.77. The van der Waals surface area contributed by atoms with Crippen molar-refractivity contribution >= 4 is 11.8 Å². The quantitative estimate of drug-likeness (QED) is 0.564. The van der Waals surface area contributed by atoms with Gasteiger partial charge in [0.05, 0.1) is 0 Å². The van der Waals surface area contributed by atoms with E-state index in [1.807, 2.05) is 11.8 Å². The van der Waals surface area contributed by atoms with Crippen molar-refractivity contribution in [2.24, 2.45) is 0 Å². The van der Waals surface area contributed by atoms with Crippen molar-refractivity contribution < 1.29 is 0 Å². The summed E-state index contributed by atoms with van der Waals surface area (Å²) in [4.78, 5) is 0. The highest BCUT2D eigenvalue weighted by Gasteiger charge is 2.11. The van der Waals surface area contributed by atoms with Crippen LogP contribution in [0.15, 0.2) is 6.08 Å². The second-order valence-corrected chi connectivity index (χ2v) is 3.92. The highest BCUT2D eigenvalue weighted by atomic mass is 32.2. The maximum Gasteiger partial charge on any atom is 0.0135 e. The molecule has 0 aromatic rings. The molecule has 0 aromatic heterocycles. The summed E-state index contributed by atoms with van der Waals surface area (Å²) in [6, 6.07) is 0. The van der Waals surface area contributed by atoms with Gasteiger partial charge in [-0.1, -0.05) is 26.5 Å². The van der Waals surface area contributed by atoms with Gasteiger partial charge in [0.25, 0.3) is 0 Å². The number of thioether (sulfide) groups is 1. The molecule has 8 heavy (non-hydrogen) atoms. The molecule has 0 unspecified atom stereocenters. The lowest BCUT2D eigenvalue weighted by molar-refractivity contribution is 0.729. The van der Waals surface area contributed by atoms with Crippen LogP contribution in [0.1, 0.15) is 20.3 Å². The fraction of sp³-hybridized carbons (Fsp3) is 0.714. The summed E-state index contributed by atoms with van der Waals surface area (Å²) in [5, 5.41) is 0. The first-order chi connectivity index (χ1) is 3.62. The van der Waals surface area contributed by atoms with E-state index in [0.29, 0.717) is 4.75 Å². The Balaban J connectivity index is 3.53. The van der Waals surface area contributed by atoms with Crippen LogP contribution >= 0.6 is 11.8 Å². The second-order valence-electron chi connectivity index (χ2n) is 2.40. The standard InChI is InChI=1S/C7H13S/c1-5-6-7(2,3)8-4/h1,5H,6H2,2-4H3. The smallest absolute Gasteiger partial charge is 0.0135 e. The zero-order valence-corrected chi connectivity index (χ0v) is 6.59. The van der Waals surface area contributed by atoms with Gasteiger partial charge in [0, 0.05) is 4.75 Å². The molecule has 0 N–H and O–H groups in total. The van der Waals surface area contributed by atoms with Crippen LogP contribution in [0.2, 0.25) is 0 Å². The summed E-state index contributed by atoms with van der Waals surface area (Å²) in [5.74, 6) is 0. The predicted molar refractivity (Wildman–Crippen MR) is 41.1 cm³/mol. The molecule has 0 nitrogen and oxygen atoms in total. The first kappa shape index (κ1) is 8.09. The van der Waals surface area contributed by atoms with Gasteiger partial charge in [-0.25, -0.2) is 0 Å². The molecule has 0 aliphatic carbocycles. The summed E-state index contributed by atoms with van der Waals surface area (Å²) in [5.41, 5.74) is 0. The van der Waals surface area contributed by atoms with Crippen molar-refractivity contribution in [1.29, 1.82) is 0 Å². The molecule has 0 aliphatic rings. The molecule has 0 aromatic carbocycles. The molecule has 1 heteroatoms. The van der Waals surface area contributed by atoms with Crippen molar-refractivity contribution in [3.05, 3.63) is 12.7 Å². The lowest BCUT2D eigenvalue weighted by atomic mass is 10.1. The molecule has 0 heterocycles. The molecule has 0 saturated carbocycles. The van der Waals surface area contributed by atoms with Crippen LogP contribution in [-0.4, -0.2) is 11.0 Å². The Morgan fingerprint density at radius 3 is 2.25 bits per heavy atom. The minimum absolute atomic E-state index is 0.328. The average molecular weight is 129 g/mol. The lowest BCUT2D eigenvalue weighted by Crippen LogP contribution is -2.11. The van der Waals surface area contributed by atoms with Crippen LogP contribution < -0.4 is 0 Å². The minimum atomic E-state index is 0.328. The van der Waals surface area contributed by atoms with Crippen molar-refractivity contribution in [2.45, 2.75) is 25.0 Å². The van der Waals surface area contributed by atoms with E-state index in [0.717, 1.165) is 6.42 Å². The van der Waals surface area contributed by atoms with Crippen LogP contribution in [0.25, 0.3) is 0 Å². The topological polar surface area (TPSA) is 0 Å². The minimum Gasteiger partial charge on any atom is -0.159 e. The third-order valence-corrected chi connectivity index (χ3v) is 2.43. The SMILES string of the molecule is [CH]=CCC(C)(C)SC. The van der Waals surface area contributed by atoms with E-state index in [9.17, 15) is 0 Å². The molecule has 1 radical (unpaired) electrons. The number of rotatable bonds is 3. The maximum absolute atomic E-state index is 5.25. The predicted octanol–water partition coefficient (Wildman–Crippen LogP) is 2.51. The Morgan fingerprint density at radius 2 is 2.12 bits per heavy atom. The second kappa shape index (κ2) is 3.18. The van der Waals surface area contributed by atoms with E-state index >= 15 is 0 Å². The summed E-state index contributed by atoms with van der Waals surface area (Å²) < 4.78 is 0.328. The summed E-state index contributed by atoms with van der Waals surface area (Å²) in [7, 11) is 0. The third kappa shape index (κ3) is 3.14. The molecular formula is C7H13S. The summed E-state index contributed by atoms with van der Waals surface area (Å²) in [6.07, 6.45) is 4.80. The van der Waals surface area contributed by atoms with E-state index < -0.39 is 0 Å². The number of allylic oxidation sites excluding steroid dienone is 1. The molecule has 47 valence electrons. The molecule has 0 saturated heterocycles. The van der Waals surface area contributed by atoms with Crippen molar-refractivity contribution in [2.75, 3.05) is 6.26 Å². The van der Waals surface area contributed by atoms with Crippen LogP contribution in [-0.2, 0) is 0 Å². The van der Waals surface area contributed by atoms with Gasteiger partial charge < -0.3 is 0 Å². The largest absolute Gasteiger partial charge is 0.159 e. The van der Waals surface area contributed by atoms with Gasteiger partial charge in [-0.05, 0) is 12.7 Å². The maximum atomic E-state index is 5.25. The molecule has 0 aliphatic heterocycles. The molecule has 0 bridgehead atoms. The number of hydrogen-bond acceptors (Lipinski definition) is 1. The summed E-state index contributed by atoms with van der Waals surface area (Å²) in [6.45, 7) is 9.62. The first-order valence-corrected chi connectivity index (χ1v) is 3.93. The molecule has 0 spiro atoms. The van der Waals surface area contributed by atoms with Gasteiger partial charge in [-0.3, -0.25) is 0 Å². The lowest BCUT2D eigenvalue weighted by Gasteiger charge is -2.18. The van der Waals surface area contributed by atoms with Crippen molar-refractivity contribution in [3.63, 3.8) is 0 Å². The Kier molecular flexibility index (Phi) is 3.22. The average Bonchev–Trinajstić information content (AvgIpc) is 1.67. The van der Waals surface area contributed by atoms with Crippen LogP contribution in [0.4, 0.5) is 0 Å². The fourth-order valence-electron chi connectivity index (χ4n) is 0.367. The van der Waals surface area contributed by atoms with Gasteiger partial charge in [-0.2, -0.15) is 11.8 Å². The third-order valence-electron chi connectivity index (χ3n) is 1.16. The normalized spacial score (nSPS) is 11.4. The van der Waals surface area contributed by atoms with E-state index in [-0.39, 0.29) is 0 Å². The van der Waals surface area contributed by atoms with Gasteiger partial charge >= 0.3 is 0 Å². The van der Waals surface area contributed by atoms with Gasteiger partial charge in [0.15, 0.2) is 0 Å². The van der Waals surface area contributed by atoms with E-state index in [1.165, 1.54) is 0 Å². The Bertz CT molecular complexity index is 74.5. The van der Waals surface area contributed by atoms with E-state index in [4.69, 9.17) is 6.58 Å². The van der Waals surface area contributed by atoms with Crippen molar-refractivity contribution in [1.82, 2.24) is 0 Å². The van der Waals surface area contributed by atoms with Gasteiger partial charge in [-0.15, -0.1) is 0 Å². The molecule has 0 fully saturated rings. The highest BCUT2D eigenvalue weighted by molar-refractivity contribution is 7.99. The van der Waals surface area contributed by atoms with Crippen LogP contribution in [0.3, 0.4) is 0 Å². The fourth-order valence-corrected chi connectivity index (χ4v) is 0.630. The Labute approximate surface area is 56.4 Å². The van der Waals surface area contributed by atoms with Crippen molar-refractivity contribution in [3.8, 4) is 0 Å². The molecule has 0 atom stereocenters.